The summed E-state index contributed by atoms with van der Waals surface area (Å²) in [6.07, 6.45) is 16.4. The van der Waals surface area contributed by atoms with Crippen LogP contribution in [0.5, 0.6) is 0 Å². The van der Waals surface area contributed by atoms with Crippen molar-refractivity contribution in [1.29, 1.82) is 0 Å². The Kier molecular flexibility index (Phi) is 14.4. The average molecular weight is 341 g/mol. The number of carbonyl (C=O) groups is 2. The number of hydrogen-bond donors (Lipinski definition) is 2. The Morgan fingerprint density at radius 2 is 1.46 bits per heavy atom. The fourth-order valence-electron chi connectivity index (χ4n) is 3.04. The van der Waals surface area contributed by atoms with Crippen molar-refractivity contribution in [2.75, 3.05) is 0 Å². The summed E-state index contributed by atoms with van der Waals surface area (Å²) in [4.78, 5) is 22.2. The molecule has 0 aromatic rings. The molecule has 0 heterocycles. The summed E-state index contributed by atoms with van der Waals surface area (Å²) in [6, 6.07) is 0. The van der Waals surface area contributed by atoms with Gasteiger partial charge in [-0.3, -0.25) is 9.59 Å². The molecule has 0 bridgehead atoms. The summed E-state index contributed by atoms with van der Waals surface area (Å²) < 4.78 is 0. The van der Waals surface area contributed by atoms with Crippen molar-refractivity contribution in [3.63, 3.8) is 0 Å². The van der Waals surface area contributed by atoms with Crippen LogP contribution < -0.4 is 0 Å². The molecule has 0 aliphatic carbocycles. The highest BCUT2D eigenvalue weighted by atomic mass is 16.4. The number of rotatable bonds is 16. The third kappa shape index (κ3) is 12.1. The molecule has 0 aliphatic rings. The lowest BCUT2D eigenvalue weighted by Gasteiger charge is -2.19. The van der Waals surface area contributed by atoms with E-state index in [1.165, 1.54) is 44.9 Å². The van der Waals surface area contributed by atoms with Crippen molar-refractivity contribution in [2.24, 2.45) is 11.8 Å². The van der Waals surface area contributed by atoms with Crippen LogP contribution in [0.15, 0.2) is 12.2 Å². The molecule has 4 heteroatoms. The molecule has 4 nitrogen and oxygen atoms in total. The second-order valence-corrected chi connectivity index (χ2v) is 6.69. The molecule has 0 fully saturated rings. The summed E-state index contributed by atoms with van der Waals surface area (Å²) in [7, 11) is 0. The van der Waals surface area contributed by atoms with Crippen LogP contribution in [0.3, 0.4) is 0 Å². The molecule has 0 radical (unpaired) electrons. The van der Waals surface area contributed by atoms with Gasteiger partial charge in [-0.25, -0.2) is 0 Å². The highest BCUT2D eigenvalue weighted by Gasteiger charge is 2.28. The molecule has 0 amide bonds. The Morgan fingerprint density at radius 1 is 0.875 bits per heavy atom. The van der Waals surface area contributed by atoms with Crippen LogP contribution in [0.25, 0.3) is 0 Å². The van der Waals surface area contributed by atoms with Gasteiger partial charge in [0.2, 0.25) is 0 Å². The second kappa shape index (κ2) is 15.2. The van der Waals surface area contributed by atoms with Crippen LogP contribution in [0.1, 0.15) is 90.9 Å². The lowest BCUT2D eigenvalue weighted by atomic mass is 9.85. The predicted octanol–water partition coefficient (Wildman–Crippen LogP) is 5.67. The van der Waals surface area contributed by atoms with Crippen LogP contribution >= 0.6 is 0 Å². The molecule has 0 saturated carbocycles. The summed E-state index contributed by atoms with van der Waals surface area (Å²) >= 11 is 0. The molecule has 0 rings (SSSR count). The SMILES string of the molecule is CCCCCCCCCCC=CC(CCC)C(CC(=O)O)C(=O)O. The lowest BCUT2D eigenvalue weighted by molar-refractivity contribution is -0.149. The fraction of sp³-hybridized carbons (Fsp3) is 0.800. The molecule has 0 saturated heterocycles. The summed E-state index contributed by atoms with van der Waals surface area (Å²) in [6.45, 7) is 4.22. The van der Waals surface area contributed by atoms with Crippen LogP contribution in [-0.4, -0.2) is 22.2 Å². The van der Waals surface area contributed by atoms with E-state index in [0.717, 1.165) is 25.7 Å². The van der Waals surface area contributed by atoms with Crippen LogP contribution in [0.4, 0.5) is 0 Å². The quantitative estimate of drug-likeness (QED) is 0.280. The van der Waals surface area contributed by atoms with E-state index in [9.17, 15) is 14.7 Å². The molecule has 0 aliphatic heterocycles. The monoisotopic (exact) mass is 340 g/mol. The Bertz CT molecular complexity index is 363. The smallest absolute Gasteiger partial charge is 0.307 e. The maximum absolute atomic E-state index is 11.3. The molecule has 2 unspecified atom stereocenters. The number of allylic oxidation sites excluding steroid dienone is 2. The van der Waals surface area contributed by atoms with E-state index in [1.807, 2.05) is 13.0 Å². The third-order valence-electron chi connectivity index (χ3n) is 4.46. The summed E-state index contributed by atoms with van der Waals surface area (Å²) in [5.41, 5.74) is 0. The number of hydrogen-bond acceptors (Lipinski definition) is 2. The topological polar surface area (TPSA) is 74.6 Å². The molecule has 140 valence electrons. The highest BCUT2D eigenvalue weighted by molar-refractivity contribution is 5.78. The first-order chi connectivity index (χ1) is 11.5. The first-order valence-corrected chi connectivity index (χ1v) is 9.64. The molecule has 24 heavy (non-hydrogen) atoms. The van der Waals surface area contributed by atoms with Gasteiger partial charge in [0.1, 0.15) is 0 Å². The predicted molar refractivity (Wildman–Crippen MR) is 98.1 cm³/mol. The van der Waals surface area contributed by atoms with Crippen molar-refractivity contribution in [1.82, 2.24) is 0 Å². The molecular formula is C20H36O4. The van der Waals surface area contributed by atoms with Gasteiger partial charge in [-0.2, -0.15) is 0 Å². The van der Waals surface area contributed by atoms with Crippen molar-refractivity contribution >= 4 is 11.9 Å². The van der Waals surface area contributed by atoms with Crippen molar-refractivity contribution in [3.8, 4) is 0 Å². The maximum atomic E-state index is 11.3. The van der Waals surface area contributed by atoms with E-state index in [1.54, 1.807) is 0 Å². The highest BCUT2D eigenvalue weighted by Crippen LogP contribution is 2.24. The third-order valence-corrected chi connectivity index (χ3v) is 4.46. The van der Waals surface area contributed by atoms with Gasteiger partial charge in [-0.05, 0) is 25.2 Å². The van der Waals surface area contributed by atoms with Gasteiger partial charge in [0.15, 0.2) is 0 Å². The van der Waals surface area contributed by atoms with Gasteiger partial charge in [0.25, 0.3) is 0 Å². The number of carboxylic acids is 2. The first-order valence-electron chi connectivity index (χ1n) is 9.64. The van der Waals surface area contributed by atoms with Crippen molar-refractivity contribution in [2.45, 2.75) is 90.9 Å². The van der Waals surface area contributed by atoms with E-state index in [4.69, 9.17) is 5.11 Å². The standard InChI is InChI=1S/C20H36O4/c1-3-5-6-7-8-9-10-11-12-13-15-17(14-4-2)18(20(23)24)16-19(21)22/h13,15,17-18H,3-12,14,16H2,1-2H3,(H,21,22)(H,23,24). The normalized spacial score (nSPS) is 13.9. The minimum atomic E-state index is -1.04. The molecule has 0 spiro atoms. The van der Waals surface area contributed by atoms with E-state index >= 15 is 0 Å². The largest absolute Gasteiger partial charge is 0.481 e. The molecule has 0 aromatic heterocycles. The zero-order chi connectivity index (χ0) is 18.2. The molecular weight excluding hydrogens is 304 g/mol. The van der Waals surface area contributed by atoms with Gasteiger partial charge in [-0.1, -0.05) is 77.4 Å². The second-order valence-electron chi connectivity index (χ2n) is 6.69. The van der Waals surface area contributed by atoms with Gasteiger partial charge in [0, 0.05) is 0 Å². The minimum absolute atomic E-state index is 0.183. The van der Waals surface area contributed by atoms with Gasteiger partial charge >= 0.3 is 11.9 Å². The van der Waals surface area contributed by atoms with E-state index < -0.39 is 17.9 Å². The van der Waals surface area contributed by atoms with E-state index in [2.05, 4.69) is 13.0 Å². The lowest BCUT2D eigenvalue weighted by Crippen LogP contribution is -2.25. The van der Waals surface area contributed by atoms with Crippen molar-refractivity contribution in [3.05, 3.63) is 12.2 Å². The Balaban J connectivity index is 4.10. The van der Waals surface area contributed by atoms with Crippen LogP contribution in [-0.2, 0) is 9.59 Å². The van der Waals surface area contributed by atoms with Gasteiger partial charge in [0.05, 0.1) is 12.3 Å². The Labute approximate surface area is 147 Å². The van der Waals surface area contributed by atoms with Crippen molar-refractivity contribution < 1.29 is 19.8 Å². The van der Waals surface area contributed by atoms with E-state index in [-0.39, 0.29) is 12.3 Å². The Hall–Kier alpha value is -1.32. The minimum Gasteiger partial charge on any atom is -0.481 e. The van der Waals surface area contributed by atoms with Gasteiger partial charge in [-0.15, -0.1) is 0 Å². The number of unbranched alkanes of at least 4 members (excludes halogenated alkanes) is 8. The number of aliphatic carboxylic acids is 2. The van der Waals surface area contributed by atoms with Crippen LogP contribution in [0.2, 0.25) is 0 Å². The van der Waals surface area contributed by atoms with E-state index in [0.29, 0.717) is 0 Å². The first kappa shape index (κ1) is 22.7. The molecule has 0 aromatic carbocycles. The van der Waals surface area contributed by atoms with Crippen LogP contribution in [0, 0.1) is 11.8 Å². The zero-order valence-electron chi connectivity index (χ0n) is 15.5. The number of carboxylic acid groups (broad SMARTS) is 2. The molecule has 2 N–H and O–H groups in total. The maximum Gasteiger partial charge on any atom is 0.307 e. The summed E-state index contributed by atoms with van der Waals surface area (Å²) in [5, 5.41) is 18.2. The Morgan fingerprint density at radius 3 is 1.96 bits per heavy atom. The summed E-state index contributed by atoms with van der Waals surface area (Å²) in [5.74, 6) is -3.05. The van der Waals surface area contributed by atoms with Gasteiger partial charge < -0.3 is 10.2 Å². The average Bonchev–Trinajstić information content (AvgIpc) is 2.53. The zero-order valence-corrected chi connectivity index (χ0v) is 15.5. The molecule has 2 atom stereocenters. The fourth-order valence-corrected chi connectivity index (χ4v) is 3.04.